The molecule has 1 amide bonds. The van der Waals surface area contributed by atoms with E-state index in [1.807, 2.05) is 29.5 Å². The minimum Gasteiger partial charge on any atom is -0.465 e. The number of hydrogen-bond donors (Lipinski definition) is 1. The fourth-order valence-electron chi connectivity index (χ4n) is 2.31. The second kappa shape index (κ2) is 6.33. The largest absolute Gasteiger partial charge is 0.465 e. The maximum Gasteiger partial charge on any atom is 0.337 e. The SMILES string of the molecule is COC(=O)c1ccc(Cl)c(NC(=O)c2cn3c(C)cccc3n2)c1. The van der Waals surface area contributed by atoms with E-state index in [1.165, 1.54) is 25.3 Å². The summed E-state index contributed by atoms with van der Waals surface area (Å²) in [5, 5.41) is 2.99. The van der Waals surface area contributed by atoms with Gasteiger partial charge in [-0.15, -0.1) is 0 Å². The van der Waals surface area contributed by atoms with Crippen LogP contribution in [0.25, 0.3) is 5.65 Å². The predicted molar refractivity (Wildman–Crippen MR) is 90.7 cm³/mol. The van der Waals surface area contributed by atoms with Crippen LogP contribution in [-0.4, -0.2) is 28.4 Å². The molecule has 0 unspecified atom stereocenters. The predicted octanol–water partition coefficient (Wildman–Crippen LogP) is 3.34. The van der Waals surface area contributed by atoms with Crippen LogP contribution >= 0.6 is 11.6 Å². The number of ether oxygens (including phenoxy) is 1. The van der Waals surface area contributed by atoms with Crippen LogP contribution in [0.2, 0.25) is 5.02 Å². The Balaban J connectivity index is 1.91. The molecule has 0 aliphatic rings. The summed E-state index contributed by atoms with van der Waals surface area (Å²) >= 11 is 6.09. The van der Waals surface area contributed by atoms with Crippen molar-refractivity contribution in [3.63, 3.8) is 0 Å². The minimum atomic E-state index is -0.509. The summed E-state index contributed by atoms with van der Waals surface area (Å²) in [6, 6.07) is 10.1. The number of anilines is 1. The summed E-state index contributed by atoms with van der Waals surface area (Å²) in [7, 11) is 1.29. The molecule has 1 aromatic carbocycles. The Hall–Kier alpha value is -2.86. The number of imidazole rings is 1. The molecule has 0 fully saturated rings. The van der Waals surface area contributed by atoms with Crippen LogP contribution in [0.3, 0.4) is 0 Å². The van der Waals surface area contributed by atoms with Gasteiger partial charge in [0.1, 0.15) is 11.3 Å². The van der Waals surface area contributed by atoms with Crippen molar-refractivity contribution in [3.8, 4) is 0 Å². The van der Waals surface area contributed by atoms with Crippen molar-refractivity contribution in [3.05, 3.63) is 64.6 Å². The van der Waals surface area contributed by atoms with Gasteiger partial charge in [-0.25, -0.2) is 9.78 Å². The fourth-order valence-corrected chi connectivity index (χ4v) is 2.47. The van der Waals surface area contributed by atoms with E-state index in [0.29, 0.717) is 21.9 Å². The summed E-state index contributed by atoms with van der Waals surface area (Å²) in [6.07, 6.45) is 1.65. The topological polar surface area (TPSA) is 72.7 Å². The Labute approximate surface area is 143 Å². The van der Waals surface area contributed by atoms with Crippen LogP contribution in [-0.2, 0) is 4.74 Å². The highest BCUT2D eigenvalue weighted by Gasteiger charge is 2.15. The highest BCUT2D eigenvalue weighted by molar-refractivity contribution is 6.34. The average Bonchev–Trinajstić information content (AvgIpc) is 3.02. The van der Waals surface area contributed by atoms with Gasteiger partial charge in [-0.1, -0.05) is 17.7 Å². The van der Waals surface area contributed by atoms with Crippen LogP contribution in [0.1, 0.15) is 26.5 Å². The highest BCUT2D eigenvalue weighted by atomic mass is 35.5. The Bertz CT molecular complexity index is 949. The summed E-state index contributed by atoms with van der Waals surface area (Å²) in [5.74, 6) is -0.924. The van der Waals surface area contributed by atoms with E-state index in [-0.39, 0.29) is 5.69 Å². The maximum atomic E-state index is 12.4. The number of nitrogens with zero attached hydrogens (tertiary/aromatic N) is 2. The van der Waals surface area contributed by atoms with Crippen molar-refractivity contribution in [1.82, 2.24) is 9.38 Å². The van der Waals surface area contributed by atoms with Crippen molar-refractivity contribution in [2.75, 3.05) is 12.4 Å². The van der Waals surface area contributed by atoms with E-state index in [1.54, 1.807) is 6.20 Å². The number of nitrogens with one attached hydrogen (secondary N) is 1. The molecule has 3 rings (SSSR count). The lowest BCUT2D eigenvalue weighted by Crippen LogP contribution is -2.13. The van der Waals surface area contributed by atoms with Gasteiger partial charge in [0.15, 0.2) is 0 Å². The quantitative estimate of drug-likeness (QED) is 0.740. The third-order valence-corrected chi connectivity index (χ3v) is 3.89. The maximum absolute atomic E-state index is 12.4. The fraction of sp³-hybridized carbons (Fsp3) is 0.118. The Kier molecular flexibility index (Phi) is 4.22. The van der Waals surface area contributed by atoms with E-state index in [9.17, 15) is 9.59 Å². The molecule has 0 spiro atoms. The number of carbonyl (C=O) groups excluding carboxylic acids is 2. The third kappa shape index (κ3) is 2.96. The molecule has 2 heterocycles. The first-order valence-corrected chi connectivity index (χ1v) is 7.51. The number of hydrogen-bond acceptors (Lipinski definition) is 4. The van der Waals surface area contributed by atoms with Gasteiger partial charge in [-0.2, -0.15) is 0 Å². The number of aryl methyl sites for hydroxylation is 1. The van der Waals surface area contributed by atoms with Gasteiger partial charge in [0.25, 0.3) is 5.91 Å². The molecule has 3 aromatic rings. The van der Waals surface area contributed by atoms with Gasteiger partial charge in [0.2, 0.25) is 0 Å². The monoisotopic (exact) mass is 343 g/mol. The first kappa shape index (κ1) is 16.0. The van der Waals surface area contributed by atoms with E-state index >= 15 is 0 Å². The number of amides is 1. The zero-order valence-electron chi connectivity index (χ0n) is 13.0. The van der Waals surface area contributed by atoms with Crippen LogP contribution in [0.5, 0.6) is 0 Å². The molecular weight excluding hydrogens is 330 g/mol. The summed E-state index contributed by atoms with van der Waals surface area (Å²) < 4.78 is 6.48. The summed E-state index contributed by atoms with van der Waals surface area (Å²) in [6.45, 7) is 1.92. The Morgan fingerprint density at radius 3 is 2.75 bits per heavy atom. The standard InChI is InChI=1S/C17H14ClN3O3/c1-10-4-3-5-15-19-14(9-21(10)15)16(22)20-13-8-11(17(23)24-2)6-7-12(13)18/h3-9H,1-2H3,(H,20,22). The molecule has 0 saturated heterocycles. The molecule has 0 bridgehead atoms. The normalized spacial score (nSPS) is 10.6. The van der Waals surface area contributed by atoms with E-state index in [4.69, 9.17) is 11.6 Å². The molecule has 122 valence electrons. The number of esters is 1. The zero-order valence-corrected chi connectivity index (χ0v) is 13.8. The summed E-state index contributed by atoms with van der Waals surface area (Å²) in [5.41, 5.74) is 2.50. The second-order valence-corrected chi connectivity index (χ2v) is 5.57. The number of fused-ring (bicyclic) bond motifs is 1. The molecule has 1 N–H and O–H groups in total. The van der Waals surface area contributed by atoms with E-state index in [0.717, 1.165) is 5.69 Å². The van der Waals surface area contributed by atoms with Crippen LogP contribution in [0.4, 0.5) is 5.69 Å². The average molecular weight is 344 g/mol. The summed E-state index contributed by atoms with van der Waals surface area (Å²) in [4.78, 5) is 28.3. The van der Waals surface area contributed by atoms with Crippen LogP contribution in [0, 0.1) is 6.92 Å². The number of carbonyl (C=O) groups is 2. The molecule has 7 heteroatoms. The van der Waals surface area contributed by atoms with Gasteiger partial charge in [0.05, 0.1) is 23.4 Å². The molecule has 2 aromatic heterocycles. The van der Waals surface area contributed by atoms with Crippen molar-refractivity contribution in [2.24, 2.45) is 0 Å². The molecule has 24 heavy (non-hydrogen) atoms. The van der Waals surface area contributed by atoms with Gasteiger partial charge >= 0.3 is 5.97 Å². The molecule has 6 nitrogen and oxygen atoms in total. The second-order valence-electron chi connectivity index (χ2n) is 5.16. The number of pyridine rings is 1. The number of rotatable bonds is 3. The third-order valence-electron chi connectivity index (χ3n) is 3.56. The van der Waals surface area contributed by atoms with Crippen molar-refractivity contribution < 1.29 is 14.3 Å². The van der Waals surface area contributed by atoms with E-state index in [2.05, 4.69) is 15.0 Å². The number of methoxy groups -OCH3 is 1. The van der Waals surface area contributed by atoms with Gasteiger partial charge in [-0.3, -0.25) is 4.79 Å². The van der Waals surface area contributed by atoms with E-state index < -0.39 is 11.9 Å². The van der Waals surface area contributed by atoms with Gasteiger partial charge in [0, 0.05) is 11.9 Å². The molecule has 0 radical (unpaired) electrons. The van der Waals surface area contributed by atoms with Crippen molar-refractivity contribution in [2.45, 2.75) is 6.92 Å². The number of aromatic nitrogens is 2. The van der Waals surface area contributed by atoms with Gasteiger partial charge in [-0.05, 0) is 37.3 Å². The molecular formula is C17H14ClN3O3. The smallest absolute Gasteiger partial charge is 0.337 e. The molecule has 0 atom stereocenters. The molecule has 0 aliphatic carbocycles. The molecule has 0 saturated carbocycles. The zero-order chi connectivity index (χ0) is 17.3. The van der Waals surface area contributed by atoms with Crippen LogP contribution < -0.4 is 5.32 Å². The Morgan fingerprint density at radius 2 is 2.04 bits per heavy atom. The number of benzene rings is 1. The lowest BCUT2D eigenvalue weighted by atomic mass is 10.2. The van der Waals surface area contributed by atoms with Crippen molar-refractivity contribution >= 4 is 34.8 Å². The van der Waals surface area contributed by atoms with Crippen molar-refractivity contribution in [1.29, 1.82) is 0 Å². The first-order valence-electron chi connectivity index (χ1n) is 7.13. The Morgan fingerprint density at radius 1 is 1.25 bits per heavy atom. The highest BCUT2D eigenvalue weighted by Crippen LogP contribution is 2.24. The molecule has 0 aliphatic heterocycles. The number of halogens is 1. The lowest BCUT2D eigenvalue weighted by molar-refractivity contribution is 0.0600. The van der Waals surface area contributed by atoms with Gasteiger partial charge < -0.3 is 14.5 Å². The lowest BCUT2D eigenvalue weighted by Gasteiger charge is -2.07. The first-order chi connectivity index (χ1) is 11.5. The van der Waals surface area contributed by atoms with Crippen LogP contribution in [0.15, 0.2) is 42.6 Å². The minimum absolute atomic E-state index is 0.254.